The van der Waals surface area contributed by atoms with Gasteiger partial charge in [0, 0.05) is 12.1 Å². The van der Waals surface area contributed by atoms with E-state index in [2.05, 4.69) is 0 Å². The largest absolute Gasteiger partial charge is 0.416 e. The number of aliphatic hydroxyl groups is 1. The van der Waals surface area contributed by atoms with Gasteiger partial charge in [-0.1, -0.05) is 12.1 Å². The summed E-state index contributed by atoms with van der Waals surface area (Å²) in [6.07, 6.45) is -3.42. The Morgan fingerprint density at radius 3 is 2.47 bits per heavy atom. The van der Waals surface area contributed by atoms with E-state index in [1.165, 1.54) is 12.1 Å². The minimum absolute atomic E-state index is 0.176. The number of halogens is 3. The molecule has 3 nitrogen and oxygen atoms in total. The summed E-state index contributed by atoms with van der Waals surface area (Å²) in [6.45, 7) is 0. The van der Waals surface area contributed by atoms with Crippen LogP contribution in [0.2, 0.25) is 0 Å². The fourth-order valence-corrected chi connectivity index (χ4v) is 2.51. The molecule has 1 aromatic rings. The average molecular weight is 274 g/mol. The van der Waals surface area contributed by atoms with E-state index in [0.717, 1.165) is 12.1 Å². The highest BCUT2D eigenvalue weighted by Gasteiger charge is 2.39. The zero-order valence-electron chi connectivity index (χ0n) is 10.3. The highest BCUT2D eigenvalue weighted by molar-refractivity contribution is 5.30. The molecule has 0 aromatic heterocycles. The molecular formula is C13H17F3N2O. The van der Waals surface area contributed by atoms with Crippen LogP contribution in [-0.4, -0.2) is 17.2 Å². The van der Waals surface area contributed by atoms with Crippen molar-refractivity contribution in [2.24, 2.45) is 11.5 Å². The van der Waals surface area contributed by atoms with E-state index in [1.54, 1.807) is 0 Å². The number of alkyl halides is 3. The molecule has 0 saturated heterocycles. The Hall–Kier alpha value is -1.11. The topological polar surface area (TPSA) is 72.3 Å². The first kappa shape index (κ1) is 14.3. The van der Waals surface area contributed by atoms with E-state index in [1.807, 2.05) is 0 Å². The van der Waals surface area contributed by atoms with Gasteiger partial charge in [-0.05, 0) is 37.0 Å². The lowest BCUT2D eigenvalue weighted by Gasteiger charge is -2.39. The standard InChI is InChI=1S/C13H17F3N2O/c14-13(15,16)9-3-1-2-8(6-9)12(19)5-4-10(17)11(18)7-12/h1-3,6,10-11,19H,4-5,7,17-18H2. The van der Waals surface area contributed by atoms with Gasteiger partial charge in [0.25, 0.3) is 0 Å². The van der Waals surface area contributed by atoms with Crippen LogP contribution in [0.5, 0.6) is 0 Å². The Kier molecular flexibility index (Phi) is 3.59. The summed E-state index contributed by atoms with van der Waals surface area (Å²) in [5.41, 5.74) is 9.74. The number of benzene rings is 1. The van der Waals surface area contributed by atoms with Gasteiger partial charge in [-0.2, -0.15) is 13.2 Å². The van der Waals surface area contributed by atoms with Gasteiger partial charge in [0.05, 0.1) is 11.2 Å². The number of rotatable bonds is 1. The van der Waals surface area contributed by atoms with Crippen LogP contribution in [0, 0.1) is 0 Å². The van der Waals surface area contributed by atoms with E-state index in [-0.39, 0.29) is 18.0 Å². The van der Waals surface area contributed by atoms with Crippen molar-refractivity contribution in [3.63, 3.8) is 0 Å². The Morgan fingerprint density at radius 2 is 1.89 bits per heavy atom. The Bertz CT molecular complexity index is 463. The quantitative estimate of drug-likeness (QED) is 0.730. The predicted molar refractivity (Wildman–Crippen MR) is 65.1 cm³/mol. The maximum absolute atomic E-state index is 12.7. The maximum atomic E-state index is 12.7. The Morgan fingerprint density at radius 1 is 1.21 bits per heavy atom. The molecule has 5 N–H and O–H groups in total. The van der Waals surface area contributed by atoms with Crippen molar-refractivity contribution >= 4 is 0 Å². The summed E-state index contributed by atoms with van der Waals surface area (Å²) in [6, 6.07) is 4.15. The number of nitrogens with two attached hydrogens (primary N) is 2. The molecule has 3 unspecified atom stereocenters. The third-order valence-corrected chi connectivity index (χ3v) is 3.74. The highest BCUT2D eigenvalue weighted by atomic mass is 19.4. The molecule has 1 saturated carbocycles. The van der Waals surface area contributed by atoms with E-state index >= 15 is 0 Å². The molecule has 19 heavy (non-hydrogen) atoms. The fourth-order valence-electron chi connectivity index (χ4n) is 2.51. The van der Waals surface area contributed by atoms with Crippen LogP contribution in [0.4, 0.5) is 13.2 Å². The second kappa shape index (κ2) is 4.77. The second-order valence-corrected chi connectivity index (χ2v) is 5.18. The van der Waals surface area contributed by atoms with Crippen molar-refractivity contribution in [3.8, 4) is 0 Å². The molecule has 0 heterocycles. The molecule has 106 valence electrons. The molecule has 1 aromatic carbocycles. The van der Waals surface area contributed by atoms with Gasteiger partial charge in [-0.15, -0.1) is 0 Å². The minimum atomic E-state index is -4.42. The molecule has 3 atom stereocenters. The third-order valence-electron chi connectivity index (χ3n) is 3.74. The predicted octanol–water partition coefficient (Wildman–Crippen LogP) is 1.73. The molecule has 1 fully saturated rings. The minimum Gasteiger partial charge on any atom is -0.385 e. The SMILES string of the molecule is NC1CCC(O)(c2cccc(C(F)(F)F)c2)CC1N. The fraction of sp³-hybridized carbons (Fsp3) is 0.538. The Labute approximate surface area is 109 Å². The second-order valence-electron chi connectivity index (χ2n) is 5.18. The molecule has 1 aliphatic rings. The smallest absolute Gasteiger partial charge is 0.385 e. The van der Waals surface area contributed by atoms with E-state index in [0.29, 0.717) is 12.8 Å². The normalized spacial score (nSPS) is 32.3. The lowest BCUT2D eigenvalue weighted by molar-refractivity contribution is -0.137. The van der Waals surface area contributed by atoms with Gasteiger partial charge < -0.3 is 16.6 Å². The van der Waals surface area contributed by atoms with Crippen LogP contribution >= 0.6 is 0 Å². The maximum Gasteiger partial charge on any atom is 0.416 e. The monoisotopic (exact) mass is 274 g/mol. The van der Waals surface area contributed by atoms with Crippen LogP contribution in [-0.2, 0) is 11.8 Å². The van der Waals surface area contributed by atoms with Crippen molar-refractivity contribution in [1.29, 1.82) is 0 Å². The summed E-state index contributed by atoms with van der Waals surface area (Å²) < 4.78 is 38.0. The summed E-state index contributed by atoms with van der Waals surface area (Å²) in [4.78, 5) is 0. The zero-order chi connectivity index (χ0) is 14.3. The first-order valence-corrected chi connectivity index (χ1v) is 6.14. The van der Waals surface area contributed by atoms with Crippen molar-refractivity contribution in [3.05, 3.63) is 35.4 Å². The van der Waals surface area contributed by atoms with E-state index < -0.39 is 23.4 Å². The van der Waals surface area contributed by atoms with Crippen molar-refractivity contribution in [2.45, 2.75) is 43.1 Å². The van der Waals surface area contributed by atoms with Gasteiger partial charge in [0.1, 0.15) is 0 Å². The van der Waals surface area contributed by atoms with Crippen LogP contribution in [0.15, 0.2) is 24.3 Å². The van der Waals surface area contributed by atoms with Crippen LogP contribution < -0.4 is 11.5 Å². The molecule has 0 amide bonds. The van der Waals surface area contributed by atoms with Crippen molar-refractivity contribution in [1.82, 2.24) is 0 Å². The van der Waals surface area contributed by atoms with Gasteiger partial charge in [0.15, 0.2) is 0 Å². The third kappa shape index (κ3) is 2.91. The number of hydrogen-bond acceptors (Lipinski definition) is 3. The zero-order valence-corrected chi connectivity index (χ0v) is 10.3. The molecule has 0 radical (unpaired) electrons. The van der Waals surface area contributed by atoms with E-state index in [4.69, 9.17) is 11.5 Å². The molecule has 0 spiro atoms. The molecule has 6 heteroatoms. The first-order valence-electron chi connectivity index (χ1n) is 6.14. The van der Waals surface area contributed by atoms with Crippen LogP contribution in [0.25, 0.3) is 0 Å². The van der Waals surface area contributed by atoms with Gasteiger partial charge >= 0.3 is 6.18 Å². The van der Waals surface area contributed by atoms with E-state index in [9.17, 15) is 18.3 Å². The highest BCUT2D eigenvalue weighted by Crippen LogP contribution is 2.38. The van der Waals surface area contributed by atoms with Crippen LogP contribution in [0.1, 0.15) is 30.4 Å². The molecule has 0 aliphatic heterocycles. The average Bonchev–Trinajstić information content (AvgIpc) is 2.34. The van der Waals surface area contributed by atoms with Gasteiger partial charge in [-0.25, -0.2) is 0 Å². The van der Waals surface area contributed by atoms with Gasteiger partial charge in [0.2, 0.25) is 0 Å². The number of hydrogen-bond donors (Lipinski definition) is 3. The summed E-state index contributed by atoms with van der Waals surface area (Å²) in [5, 5.41) is 10.5. The lowest BCUT2D eigenvalue weighted by Crippen LogP contribution is -2.51. The van der Waals surface area contributed by atoms with Crippen LogP contribution in [0.3, 0.4) is 0 Å². The molecule has 1 aliphatic carbocycles. The molecular weight excluding hydrogens is 257 g/mol. The van der Waals surface area contributed by atoms with Crippen molar-refractivity contribution in [2.75, 3.05) is 0 Å². The Balaban J connectivity index is 2.31. The lowest BCUT2D eigenvalue weighted by atomic mass is 9.75. The first-order chi connectivity index (χ1) is 8.72. The van der Waals surface area contributed by atoms with Gasteiger partial charge in [-0.3, -0.25) is 0 Å². The molecule has 0 bridgehead atoms. The van der Waals surface area contributed by atoms with Crippen molar-refractivity contribution < 1.29 is 18.3 Å². The molecule has 2 rings (SSSR count). The summed E-state index contributed by atoms with van der Waals surface area (Å²) in [7, 11) is 0. The summed E-state index contributed by atoms with van der Waals surface area (Å²) >= 11 is 0. The summed E-state index contributed by atoms with van der Waals surface area (Å²) in [5.74, 6) is 0.